The van der Waals surface area contributed by atoms with Gasteiger partial charge in [-0.2, -0.15) is 9.67 Å². The van der Waals surface area contributed by atoms with E-state index in [1.165, 1.54) is 16.3 Å². The van der Waals surface area contributed by atoms with Crippen molar-refractivity contribution in [1.82, 2.24) is 29.9 Å². The van der Waals surface area contributed by atoms with Gasteiger partial charge in [-0.3, -0.25) is 0 Å². The van der Waals surface area contributed by atoms with Gasteiger partial charge in [0.2, 0.25) is 11.9 Å². The number of halogens is 1. The number of aromatic nitrogens is 5. The van der Waals surface area contributed by atoms with E-state index in [0.29, 0.717) is 23.2 Å². The third kappa shape index (κ3) is 5.81. The summed E-state index contributed by atoms with van der Waals surface area (Å²) in [6, 6.07) is 16.1. The molecule has 2 aromatic heterocycles. The third-order valence-electron chi connectivity index (χ3n) is 8.42. The third-order valence-corrected chi connectivity index (χ3v) is 8.42. The number of anilines is 4. The van der Waals surface area contributed by atoms with Crippen LogP contribution in [0.1, 0.15) is 57.1 Å². The minimum absolute atomic E-state index is 0.181. The molecule has 1 aliphatic carbocycles. The molecule has 1 saturated heterocycles. The first kappa shape index (κ1) is 28.1. The summed E-state index contributed by atoms with van der Waals surface area (Å²) in [5.41, 5.74) is 11.9. The predicted octanol–water partition coefficient (Wildman–Crippen LogP) is 5.77. The van der Waals surface area contributed by atoms with Crippen molar-refractivity contribution >= 4 is 23.3 Å². The molecule has 0 atom stereocenters. The fraction of sp³-hybridized carbons (Fsp3) is 0.438. The summed E-state index contributed by atoms with van der Waals surface area (Å²) in [5.74, 6) is 0.699. The van der Waals surface area contributed by atoms with Crippen molar-refractivity contribution in [2.45, 2.75) is 64.8 Å². The summed E-state index contributed by atoms with van der Waals surface area (Å²) < 4.78 is 16.8. The number of hydrogen-bond donors (Lipinski definition) is 2. The molecular formula is C32H40FN9. The lowest BCUT2D eigenvalue weighted by Gasteiger charge is -2.39. The second kappa shape index (κ2) is 12.4. The standard InChI is InChI=1S/C32H40FN9/c1-3-16-40(17-4-2)25-14-18-41(19-15-25)28-13-12-24(21-27(28)33)35-32-36-31(34)42(39-32)29-20-23-10-7-9-22-8-5-6-11-26(22)30(23)38-37-29/h5-6,8,11-13,20-21,25H,3-4,7,9-10,14-19H2,1-2H3,(H3,34,35,36,39). The van der Waals surface area contributed by atoms with Crippen LogP contribution in [0, 0.1) is 5.82 Å². The predicted molar refractivity (Wildman–Crippen MR) is 166 cm³/mol. The largest absolute Gasteiger partial charge is 0.369 e. The Hall–Kier alpha value is -4.05. The van der Waals surface area contributed by atoms with E-state index in [-0.39, 0.29) is 17.7 Å². The van der Waals surface area contributed by atoms with Crippen molar-refractivity contribution < 1.29 is 4.39 Å². The molecule has 42 heavy (non-hydrogen) atoms. The summed E-state index contributed by atoms with van der Waals surface area (Å²) in [7, 11) is 0. The van der Waals surface area contributed by atoms with Gasteiger partial charge in [0, 0.05) is 30.4 Å². The van der Waals surface area contributed by atoms with Crippen LogP contribution in [0.5, 0.6) is 0 Å². The maximum atomic E-state index is 15.3. The zero-order chi connectivity index (χ0) is 29.1. The van der Waals surface area contributed by atoms with Crippen molar-refractivity contribution in [2.24, 2.45) is 0 Å². The van der Waals surface area contributed by atoms with Crippen molar-refractivity contribution in [3.05, 3.63) is 65.5 Å². The molecule has 0 radical (unpaired) electrons. The van der Waals surface area contributed by atoms with Gasteiger partial charge >= 0.3 is 0 Å². The molecule has 3 heterocycles. The van der Waals surface area contributed by atoms with E-state index < -0.39 is 0 Å². The number of nitrogens with two attached hydrogens (primary N) is 1. The molecule has 2 aliphatic rings. The average molecular weight is 570 g/mol. The number of nitrogens with zero attached hydrogens (tertiary/aromatic N) is 7. The molecule has 0 amide bonds. The molecule has 1 aliphatic heterocycles. The van der Waals surface area contributed by atoms with E-state index in [1.54, 1.807) is 0 Å². The lowest BCUT2D eigenvalue weighted by molar-refractivity contribution is 0.169. The monoisotopic (exact) mass is 569 g/mol. The molecule has 0 saturated carbocycles. The molecular weight excluding hydrogens is 529 g/mol. The molecule has 10 heteroatoms. The molecule has 220 valence electrons. The van der Waals surface area contributed by atoms with Crippen LogP contribution >= 0.6 is 0 Å². The van der Waals surface area contributed by atoms with Gasteiger partial charge in [-0.25, -0.2) is 4.39 Å². The van der Waals surface area contributed by atoms with E-state index in [4.69, 9.17) is 5.73 Å². The lowest BCUT2D eigenvalue weighted by Crippen LogP contribution is -2.45. The number of hydrogen-bond acceptors (Lipinski definition) is 8. The van der Waals surface area contributed by atoms with E-state index >= 15 is 4.39 Å². The highest BCUT2D eigenvalue weighted by molar-refractivity contribution is 5.68. The Morgan fingerprint density at radius 3 is 2.50 bits per heavy atom. The Morgan fingerprint density at radius 1 is 0.976 bits per heavy atom. The molecule has 2 aromatic carbocycles. The van der Waals surface area contributed by atoms with Crippen molar-refractivity contribution in [1.29, 1.82) is 0 Å². The molecule has 0 spiro atoms. The first-order valence-electron chi connectivity index (χ1n) is 15.3. The molecule has 6 rings (SSSR count). The SMILES string of the molecule is CCCN(CCC)C1CCN(c2ccc(Nc3nc(N)n(-c4cc5c(nn4)-c4ccccc4CCC5)n3)cc2F)CC1. The van der Waals surface area contributed by atoms with Gasteiger partial charge in [-0.05, 0) is 93.4 Å². The topological polar surface area (TPSA) is 101 Å². The van der Waals surface area contributed by atoms with Gasteiger partial charge < -0.3 is 20.9 Å². The summed E-state index contributed by atoms with van der Waals surface area (Å²) in [6.45, 7) is 8.45. The number of benzene rings is 2. The van der Waals surface area contributed by atoms with E-state index in [1.807, 2.05) is 24.3 Å². The Balaban J connectivity index is 1.14. The quantitative estimate of drug-likeness (QED) is 0.262. The normalized spacial score (nSPS) is 15.4. The Kier molecular flexibility index (Phi) is 8.32. The van der Waals surface area contributed by atoms with Gasteiger partial charge in [0.25, 0.3) is 0 Å². The van der Waals surface area contributed by atoms with Crippen LogP contribution < -0.4 is 16.0 Å². The van der Waals surface area contributed by atoms with E-state index in [9.17, 15) is 0 Å². The summed E-state index contributed by atoms with van der Waals surface area (Å²) in [6.07, 6.45) is 7.37. The highest BCUT2D eigenvalue weighted by atomic mass is 19.1. The van der Waals surface area contributed by atoms with Gasteiger partial charge in [-0.15, -0.1) is 15.3 Å². The number of nitrogens with one attached hydrogen (secondary N) is 1. The minimum Gasteiger partial charge on any atom is -0.369 e. The molecule has 9 nitrogen and oxygen atoms in total. The molecule has 1 fully saturated rings. The minimum atomic E-state index is -0.262. The molecule has 0 bridgehead atoms. The zero-order valence-corrected chi connectivity index (χ0v) is 24.6. The van der Waals surface area contributed by atoms with Crippen molar-refractivity contribution in [3.8, 4) is 17.1 Å². The number of aryl methyl sites for hydroxylation is 2. The van der Waals surface area contributed by atoms with Gasteiger partial charge in [-0.1, -0.05) is 38.1 Å². The fourth-order valence-corrected chi connectivity index (χ4v) is 6.42. The lowest BCUT2D eigenvalue weighted by atomic mass is 10.0. The summed E-state index contributed by atoms with van der Waals surface area (Å²) in [5, 5.41) is 16.6. The molecule has 0 unspecified atom stereocenters. The zero-order valence-electron chi connectivity index (χ0n) is 24.6. The highest BCUT2D eigenvalue weighted by Crippen LogP contribution is 2.32. The first-order valence-corrected chi connectivity index (χ1v) is 15.3. The maximum Gasteiger partial charge on any atom is 0.248 e. The highest BCUT2D eigenvalue weighted by Gasteiger charge is 2.25. The van der Waals surface area contributed by atoms with Crippen LogP contribution in [0.4, 0.5) is 27.7 Å². The Morgan fingerprint density at radius 2 is 1.74 bits per heavy atom. The Labute approximate surface area is 247 Å². The van der Waals surface area contributed by atoms with E-state index in [0.717, 1.165) is 87.9 Å². The number of nitrogen functional groups attached to an aromatic ring is 1. The summed E-state index contributed by atoms with van der Waals surface area (Å²) in [4.78, 5) is 9.12. The number of fused-ring (bicyclic) bond motifs is 3. The Bertz CT molecular complexity index is 1520. The van der Waals surface area contributed by atoms with Crippen LogP contribution in [0.25, 0.3) is 17.1 Å². The van der Waals surface area contributed by atoms with Crippen LogP contribution in [0.2, 0.25) is 0 Å². The fourth-order valence-electron chi connectivity index (χ4n) is 6.42. The van der Waals surface area contributed by atoms with Crippen molar-refractivity contribution in [2.75, 3.05) is 42.1 Å². The maximum absolute atomic E-state index is 15.3. The smallest absolute Gasteiger partial charge is 0.248 e. The van der Waals surface area contributed by atoms with Gasteiger partial charge in [0.1, 0.15) is 5.82 Å². The number of piperidine rings is 1. The molecule has 4 aromatic rings. The van der Waals surface area contributed by atoms with Crippen LogP contribution in [0.15, 0.2) is 48.5 Å². The van der Waals surface area contributed by atoms with Crippen LogP contribution in [-0.2, 0) is 12.8 Å². The summed E-state index contributed by atoms with van der Waals surface area (Å²) >= 11 is 0. The van der Waals surface area contributed by atoms with Gasteiger partial charge in [0.15, 0.2) is 5.82 Å². The number of rotatable bonds is 9. The average Bonchev–Trinajstić information content (AvgIpc) is 3.26. The molecule has 3 N–H and O–H groups in total. The second-order valence-corrected chi connectivity index (χ2v) is 11.3. The van der Waals surface area contributed by atoms with Crippen molar-refractivity contribution in [3.63, 3.8) is 0 Å². The van der Waals surface area contributed by atoms with Crippen LogP contribution in [-0.4, -0.2) is 62.1 Å². The second-order valence-electron chi connectivity index (χ2n) is 11.3. The van der Waals surface area contributed by atoms with Crippen LogP contribution in [0.3, 0.4) is 0 Å². The first-order chi connectivity index (χ1) is 20.5. The van der Waals surface area contributed by atoms with E-state index in [2.05, 4.69) is 67.4 Å². The van der Waals surface area contributed by atoms with Gasteiger partial charge in [0.05, 0.1) is 11.4 Å².